The van der Waals surface area contributed by atoms with Gasteiger partial charge in [0, 0.05) is 36.6 Å². The van der Waals surface area contributed by atoms with Crippen LogP contribution < -0.4 is 5.32 Å². The van der Waals surface area contributed by atoms with Crippen LogP contribution in [0.5, 0.6) is 0 Å². The van der Waals surface area contributed by atoms with Crippen molar-refractivity contribution < 1.29 is 4.79 Å². The monoisotopic (exact) mass is 217 g/mol. The maximum atomic E-state index is 12.3. The highest BCUT2D eigenvalue weighted by atomic mass is 16.2. The first kappa shape index (κ1) is 9.78. The van der Waals surface area contributed by atoms with Crippen molar-refractivity contribution >= 4 is 5.91 Å². The smallest absolute Gasteiger partial charge is 0.254 e. The van der Waals surface area contributed by atoms with Crippen molar-refractivity contribution in [3.05, 3.63) is 30.1 Å². The van der Waals surface area contributed by atoms with Crippen LogP contribution >= 0.6 is 0 Å². The number of nitrogens with one attached hydrogen (secondary N) is 1. The Morgan fingerprint density at radius 2 is 2.19 bits per heavy atom. The van der Waals surface area contributed by atoms with Gasteiger partial charge in [0.05, 0.1) is 0 Å². The fourth-order valence-corrected chi connectivity index (χ4v) is 2.78. The number of carbonyl (C=O) groups excluding carboxylic acids is 1. The van der Waals surface area contributed by atoms with Gasteiger partial charge in [-0.15, -0.1) is 0 Å². The van der Waals surface area contributed by atoms with Crippen LogP contribution in [0.25, 0.3) is 0 Å². The molecule has 0 aromatic carbocycles. The number of hydrogen-bond donors (Lipinski definition) is 1. The molecule has 16 heavy (non-hydrogen) atoms. The van der Waals surface area contributed by atoms with Gasteiger partial charge >= 0.3 is 0 Å². The molecule has 2 atom stereocenters. The van der Waals surface area contributed by atoms with E-state index >= 15 is 0 Å². The maximum absolute atomic E-state index is 12.3. The standard InChI is InChI=1S/C12H15N3O/c16-12(9-1-5-13-6-2-9)15-8-4-10-11(15)3-7-14-10/h1-2,5-6,10-11,14H,3-4,7-8H2. The van der Waals surface area contributed by atoms with E-state index in [1.165, 1.54) is 0 Å². The summed E-state index contributed by atoms with van der Waals surface area (Å²) in [6.45, 7) is 1.92. The molecule has 2 aliphatic heterocycles. The lowest BCUT2D eigenvalue weighted by Crippen LogP contribution is -2.38. The summed E-state index contributed by atoms with van der Waals surface area (Å²) in [4.78, 5) is 18.2. The van der Waals surface area contributed by atoms with Gasteiger partial charge in [0.25, 0.3) is 5.91 Å². The summed E-state index contributed by atoms with van der Waals surface area (Å²) >= 11 is 0. The van der Waals surface area contributed by atoms with Gasteiger partial charge in [0.1, 0.15) is 0 Å². The van der Waals surface area contributed by atoms with Crippen LogP contribution in [0.2, 0.25) is 0 Å². The van der Waals surface area contributed by atoms with Crippen molar-refractivity contribution in [3.63, 3.8) is 0 Å². The summed E-state index contributed by atoms with van der Waals surface area (Å²) in [5.74, 6) is 0.151. The van der Waals surface area contributed by atoms with Crippen LogP contribution in [0.15, 0.2) is 24.5 Å². The highest BCUT2D eigenvalue weighted by Crippen LogP contribution is 2.26. The highest BCUT2D eigenvalue weighted by Gasteiger charge is 2.39. The average Bonchev–Trinajstić information content (AvgIpc) is 2.91. The minimum atomic E-state index is 0.151. The molecular formula is C12H15N3O. The first-order valence-electron chi connectivity index (χ1n) is 5.80. The second-order valence-electron chi connectivity index (χ2n) is 4.44. The molecule has 2 unspecified atom stereocenters. The van der Waals surface area contributed by atoms with Crippen molar-refractivity contribution in [1.82, 2.24) is 15.2 Å². The van der Waals surface area contributed by atoms with Crippen LogP contribution in [0, 0.1) is 0 Å². The van der Waals surface area contributed by atoms with Gasteiger partial charge in [-0.05, 0) is 31.5 Å². The molecule has 1 N–H and O–H groups in total. The zero-order chi connectivity index (χ0) is 11.0. The van der Waals surface area contributed by atoms with Gasteiger partial charge in [-0.25, -0.2) is 0 Å². The lowest BCUT2D eigenvalue weighted by atomic mass is 10.1. The normalized spacial score (nSPS) is 28.1. The Hall–Kier alpha value is -1.42. The van der Waals surface area contributed by atoms with E-state index in [0.717, 1.165) is 31.5 Å². The third-order valence-corrected chi connectivity index (χ3v) is 3.58. The summed E-state index contributed by atoms with van der Waals surface area (Å²) in [7, 11) is 0. The zero-order valence-electron chi connectivity index (χ0n) is 9.10. The molecule has 1 aromatic heterocycles. The first-order valence-corrected chi connectivity index (χ1v) is 5.80. The molecule has 0 aliphatic carbocycles. The van der Waals surface area contributed by atoms with E-state index in [9.17, 15) is 4.79 Å². The number of pyridine rings is 1. The molecule has 0 radical (unpaired) electrons. The number of fused-ring (bicyclic) bond motifs is 1. The van der Waals surface area contributed by atoms with Crippen molar-refractivity contribution in [2.45, 2.75) is 24.9 Å². The van der Waals surface area contributed by atoms with E-state index < -0.39 is 0 Å². The van der Waals surface area contributed by atoms with Gasteiger partial charge in [0.15, 0.2) is 0 Å². The molecule has 4 nitrogen and oxygen atoms in total. The van der Waals surface area contributed by atoms with Crippen molar-refractivity contribution in [2.75, 3.05) is 13.1 Å². The van der Waals surface area contributed by atoms with Gasteiger partial charge in [-0.1, -0.05) is 0 Å². The van der Waals surface area contributed by atoms with E-state index in [1.54, 1.807) is 24.5 Å². The fourth-order valence-electron chi connectivity index (χ4n) is 2.78. The number of carbonyl (C=O) groups is 1. The topological polar surface area (TPSA) is 45.2 Å². The SMILES string of the molecule is O=C(c1ccncc1)N1CCC2NCCC21. The lowest BCUT2D eigenvalue weighted by molar-refractivity contribution is 0.0737. The third-order valence-electron chi connectivity index (χ3n) is 3.58. The van der Waals surface area contributed by atoms with E-state index in [0.29, 0.717) is 12.1 Å². The van der Waals surface area contributed by atoms with Crippen LogP contribution in [0.1, 0.15) is 23.2 Å². The molecule has 4 heteroatoms. The number of aromatic nitrogens is 1. The summed E-state index contributed by atoms with van der Waals surface area (Å²) < 4.78 is 0. The number of hydrogen-bond acceptors (Lipinski definition) is 3. The highest BCUT2D eigenvalue weighted by molar-refractivity contribution is 5.94. The molecule has 2 fully saturated rings. The van der Waals surface area contributed by atoms with Crippen LogP contribution in [-0.2, 0) is 0 Å². The summed E-state index contributed by atoms with van der Waals surface area (Å²) in [6.07, 6.45) is 5.52. The molecule has 0 saturated carbocycles. The second-order valence-corrected chi connectivity index (χ2v) is 4.44. The fraction of sp³-hybridized carbons (Fsp3) is 0.500. The van der Waals surface area contributed by atoms with Crippen LogP contribution in [0.3, 0.4) is 0 Å². The van der Waals surface area contributed by atoms with Gasteiger partial charge in [-0.3, -0.25) is 9.78 Å². The molecule has 84 valence electrons. The van der Waals surface area contributed by atoms with Crippen molar-refractivity contribution in [3.8, 4) is 0 Å². The molecule has 1 amide bonds. The van der Waals surface area contributed by atoms with E-state index in [2.05, 4.69) is 10.3 Å². The van der Waals surface area contributed by atoms with Crippen molar-refractivity contribution in [1.29, 1.82) is 0 Å². The summed E-state index contributed by atoms with van der Waals surface area (Å²) in [6, 6.07) is 4.50. The number of amides is 1. The number of likely N-dealkylation sites (tertiary alicyclic amines) is 1. The Kier molecular flexibility index (Phi) is 2.36. The Bertz CT molecular complexity index is 393. The Morgan fingerprint density at radius 1 is 1.38 bits per heavy atom. The molecule has 2 aliphatic rings. The van der Waals surface area contributed by atoms with E-state index in [-0.39, 0.29) is 5.91 Å². The summed E-state index contributed by atoms with van der Waals surface area (Å²) in [5.41, 5.74) is 0.752. The van der Waals surface area contributed by atoms with E-state index in [4.69, 9.17) is 0 Å². The summed E-state index contributed by atoms with van der Waals surface area (Å²) in [5, 5.41) is 3.45. The molecule has 2 saturated heterocycles. The molecule has 1 aromatic rings. The minimum Gasteiger partial charge on any atom is -0.334 e. The Labute approximate surface area is 94.7 Å². The van der Waals surface area contributed by atoms with Gasteiger partial charge in [-0.2, -0.15) is 0 Å². The Balaban J connectivity index is 1.81. The Morgan fingerprint density at radius 3 is 3.00 bits per heavy atom. The number of rotatable bonds is 1. The first-order chi connectivity index (χ1) is 7.86. The van der Waals surface area contributed by atoms with Crippen LogP contribution in [-0.4, -0.2) is 41.0 Å². The average molecular weight is 217 g/mol. The third kappa shape index (κ3) is 1.50. The molecule has 0 bridgehead atoms. The number of nitrogens with zero attached hydrogens (tertiary/aromatic N) is 2. The molecule has 3 rings (SSSR count). The predicted octanol–water partition coefficient (Wildman–Crippen LogP) is 0.658. The predicted molar refractivity (Wildman–Crippen MR) is 60.1 cm³/mol. The molecule has 3 heterocycles. The zero-order valence-corrected chi connectivity index (χ0v) is 9.10. The molecular weight excluding hydrogens is 202 g/mol. The lowest BCUT2D eigenvalue weighted by Gasteiger charge is -2.23. The second kappa shape index (κ2) is 3.87. The maximum Gasteiger partial charge on any atom is 0.254 e. The molecule has 0 spiro atoms. The van der Waals surface area contributed by atoms with Crippen LogP contribution in [0.4, 0.5) is 0 Å². The quantitative estimate of drug-likeness (QED) is 0.751. The van der Waals surface area contributed by atoms with Crippen molar-refractivity contribution in [2.24, 2.45) is 0 Å². The van der Waals surface area contributed by atoms with E-state index in [1.807, 2.05) is 4.90 Å². The minimum absolute atomic E-state index is 0.151. The van der Waals surface area contributed by atoms with Gasteiger partial charge in [0.2, 0.25) is 0 Å². The largest absolute Gasteiger partial charge is 0.334 e. The van der Waals surface area contributed by atoms with Gasteiger partial charge < -0.3 is 10.2 Å².